The van der Waals surface area contributed by atoms with E-state index in [1.165, 1.54) is 25.5 Å². The van der Waals surface area contributed by atoms with E-state index in [1.807, 2.05) is 0 Å². The maximum Gasteiger partial charge on any atom is 0.457 e. The summed E-state index contributed by atoms with van der Waals surface area (Å²) in [4.78, 5) is 23.2. The van der Waals surface area contributed by atoms with Crippen LogP contribution in [0.1, 0.15) is 26.3 Å². The van der Waals surface area contributed by atoms with Crippen molar-refractivity contribution < 1.29 is 28.7 Å². The highest BCUT2D eigenvalue weighted by atomic mass is 32.2. The molecule has 0 aliphatic heterocycles. The van der Waals surface area contributed by atoms with Gasteiger partial charge >= 0.3 is 12.1 Å². The normalized spacial score (nSPS) is 12.4. The number of hydrogen-bond donors (Lipinski definition) is 1. The number of benzene rings is 1. The first-order chi connectivity index (χ1) is 10.5. The van der Waals surface area contributed by atoms with Crippen LogP contribution in [0.3, 0.4) is 0 Å². The Morgan fingerprint density at radius 2 is 1.96 bits per heavy atom. The van der Waals surface area contributed by atoms with Crippen LogP contribution in [0.25, 0.3) is 0 Å². The fourth-order valence-electron chi connectivity index (χ4n) is 1.82. The van der Waals surface area contributed by atoms with E-state index >= 15 is 0 Å². The molecular formula is C15H21NO6S. The number of methoxy groups -OCH3 is 1. The summed E-state index contributed by atoms with van der Waals surface area (Å²) in [7, 11) is 1.40. The maximum atomic E-state index is 12.3. The predicted molar refractivity (Wildman–Crippen MR) is 87.1 cm³/mol. The van der Waals surface area contributed by atoms with Gasteiger partial charge in [0.05, 0.1) is 24.9 Å². The van der Waals surface area contributed by atoms with E-state index in [2.05, 4.69) is 0 Å². The molecular weight excluding hydrogens is 322 g/mol. The highest BCUT2D eigenvalue weighted by Gasteiger charge is 2.33. The molecule has 1 N–H and O–H groups in total. The van der Waals surface area contributed by atoms with Crippen LogP contribution in [0.15, 0.2) is 18.2 Å². The van der Waals surface area contributed by atoms with E-state index in [-0.39, 0.29) is 12.1 Å². The number of carbonyl (C=O) groups excluding carboxylic acids is 1. The SMILES string of the molecule is COc1ccc(CC(=O)O)cc1N(C(=O)OC(C)(C)C)[S+](C)[O-]. The topological polar surface area (TPSA) is 99.1 Å². The molecule has 0 radical (unpaired) electrons. The summed E-state index contributed by atoms with van der Waals surface area (Å²) in [6.07, 6.45) is 0.298. The number of rotatable bonds is 5. The third-order valence-electron chi connectivity index (χ3n) is 2.63. The Morgan fingerprint density at radius 3 is 2.39 bits per heavy atom. The molecule has 0 aliphatic carbocycles. The maximum absolute atomic E-state index is 12.3. The summed E-state index contributed by atoms with van der Waals surface area (Å²) in [6.45, 7) is 5.08. The molecule has 8 heteroatoms. The highest BCUT2D eigenvalue weighted by molar-refractivity contribution is 7.92. The van der Waals surface area contributed by atoms with Gasteiger partial charge in [-0.15, -0.1) is 0 Å². The lowest BCUT2D eigenvalue weighted by molar-refractivity contribution is -0.136. The first-order valence-electron chi connectivity index (χ1n) is 6.80. The van der Waals surface area contributed by atoms with Gasteiger partial charge in [0.1, 0.15) is 23.3 Å². The van der Waals surface area contributed by atoms with Crippen molar-refractivity contribution in [3.8, 4) is 5.75 Å². The largest absolute Gasteiger partial charge is 0.593 e. The van der Waals surface area contributed by atoms with Crippen LogP contribution in [-0.4, -0.2) is 40.7 Å². The van der Waals surface area contributed by atoms with Crippen LogP contribution in [-0.2, 0) is 27.3 Å². The molecule has 1 amide bonds. The number of hydrogen-bond acceptors (Lipinski definition) is 5. The van der Waals surface area contributed by atoms with Crippen LogP contribution in [0.2, 0.25) is 0 Å². The van der Waals surface area contributed by atoms with Crippen molar-refractivity contribution >= 4 is 29.1 Å². The molecule has 0 aromatic heterocycles. The molecule has 23 heavy (non-hydrogen) atoms. The van der Waals surface area contributed by atoms with Gasteiger partial charge in [0.15, 0.2) is 0 Å². The van der Waals surface area contributed by atoms with Gasteiger partial charge in [-0.25, -0.2) is 4.79 Å². The van der Waals surface area contributed by atoms with Crippen molar-refractivity contribution in [3.05, 3.63) is 23.8 Å². The molecule has 1 rings (SSSR count). The third kappa shape index (κ3) is 5.65. The first kappa shape index (κ1) is 19.1. The molecule has 128 valence electrons. The lowest BCUT2D eigenvalue weighted by Gasteiger charge is -2.27. The van der Waals surface area contributed by atoms with Crippen LogP contribution in [0, 0.1) is 0 Å². The summed E-state index contributed by atoms with van der Waals surface area (Å²) in [5.41, 5.74) is -0.116. The first-order valence-corrected chi connectivity index (χ1v) is 8.32. The number of carboxylic acid groups (broad SMARTS) is 1. The van der Waals surface area contributed by atoms with E-state index in [9.17, 15) is 14.1 Å². The van der Waals surface area contributed by atoms with E-state index in [0.717, 1.165) is 4.31 Å². The summed E-state index contributed by atoms with van der Waals surface area (Å²) in [5, 5.41) is 8.90. The van der Waals surface area contributed by atoms with Gasteiger partial charge in [-0.3, -0.25) is 4.79 Å². The number of aliphatic carboxylic acids is 1. The monoisotopic (exact) mass is 343 g/mol. The summed E-state index contributed by atoms with van der Waals surface area (Å²) in [5.74, 6) is -0.720. The fraction of sp³-hybridized carbons (Fsp3) is 0.467. The van der Waals surface area contributed by atoms with Crippen molar-refractivity contribution in [3.63, 3.8) is 0 Å². The summed E-state index contributed by atoms with van der Waals surface area (Å²) in [6, 6.07) is 4.55. The number of ether oxygens (including phenoxy) is 2. The quantitative estimate of drug-likeness (QED) is 0.824. The molecule has 1 aromatic rings. The Labute approximate surface area is 138 Å². The molecule has 7 nitrogen and oxygen atoms in total. The van der Waals surface area contributed by atoms with Gasteiger partial charge in [0.25, 0.3) is 0 Å². The average Bonchev–Trinajstić information content (AvgIpc) is 2.35. The van der Waals surface area contributed by atoms with Gasteiger partial charge in [-0.2, -0.15) is 0 Å². The van der Waals surface area contributed by atoms with Crippen LogP contribution < -0.4 is 9.04 Å². The van der Waals surface area contributed by atoms with Gasteiger partial charge < -0.3 is 19.1 Å². The van der Waals surface area contributed by atoms with E-state index in [1.54, 1.807) is 26.8 Å². The van der Waals surface area contributed by atoms with Gasteiger partial charge in [-0.1, -0.05) is 10.4 Å². The van der Waals surface area contributed by atoms with E-state index < -0.39 is 29.0 Å². The molecule has 0 aliphatic rings. The summed E-state index contributed by atoms with van der Waals surface area (Å²) >= 11 is -1.72. The second-order valence-electron chi connectivity index (χ2n) is 5.78. The van der Waals surface area contributed by atoms with E-state index in [4.69, 9.17) is 14.6 Å². The molecule has 1 atom stereocenters. The molecule has 1 unspecified atom stereocenters. The minimum atomic E-state index is -1.72. The zero-order valence-electron chi connectivity index (χ0n) is 13.8. The Morgan fingerprint density at radius 1 is 1.35 bits per heavy atom. The molecule has 0 heterocycles. The van der Waals surface area contributed by atoms with Gasteiger partial charge in [0, 0.05) is 0 Å². The average molecular weight is 343 g/mol. The Kier molecular flexibility index (Phi) is 6.28. The van der Waals surface area contributed by atoms with Crippen molar-refractivity contribution in [2.45, 2.75) is 32.8 Å². The number of nitrogens with zero attached hydrogens (tertiary/aromatic N) is 1. The van der Waals surface area contributed by atoms with Crippen LogP contribution in [0.5, 0.6) is 5.75 Å². The number of anilines is 1. The van der Waals surface area contributed by atoms with Crippen molar-refractivity contribution in [2.75, 3.05) is 17.7 Å². The molecule has 0 saturated heterocycles. The van der Waals surface area contributed by atoms with Crippen LogP contribution >= 0.6 is 0 Å². The molecule has 1 aromatic carbocycles. The Hall–Kier alpha value is -1.93. The van der Waals surface area contributed by atoms with Crippen molar-refractivity contribution in [2.24, 2.45) is 0 Å². The smallest absolute Gasteiger partial charge is 0.457 e. The Balaban J connectivity index is 3.29. The summed E-state index contributed by atoms with van der Waals surface area (Å²) < 4.78 is 23.4. The third-order valence-corrected chi connectivity index (χ3v) is 3.49. The number of carbonyl (C=O) groups is 2. The zero-order chi connectivity index (χ0) is 17.8. The predicted octanol–water partition coefficient (Wildman–Crippen LogP) is 2.36. The molecule has 0 spiro atoms. The van der Waals surface area contributed by atoms with Crippen molar-refractivity contribution in [1.29, 1.82) is 0 Å². The molecule has 0 fully saturated rings. The highest BCUT2D eigenvalue weighted by Crippen LogP contribution is 2.32. The second kappa shape index (κ2) is 7.56. The lowest BCUT2D eigenvalue weighted by atomic mass is 10.1. The Bertz CT molecular complexity index is 582. The second-order valence-corrected chi connectivity index (χ2v) is 6.99. The van der Waals surface area contributed by atoms with Crippen molar-refractivity contribution in [1.82, 2.24) is 0 Å². The zero-order valence-corrected chi connectivity index (χ0v) is 14.6. The standard InChI is InChI=1S/C15H21NO6S/c1-15(2,3)22-14(19)16(23(5)20)11-8-10(9-13(17)18)6-7-12(11)21-4/h6-8H,9H2,1-5H3,(H,17,18). The lowest BCUT2D eigenvalue weighted by Crippen LogP contribution is -2.40. The minimum absolute atomic E-state index is 0.196. The van der Waals surface area contributed by atoms with Gasteiger partial charge in [-0.05, 0) is 38.5 Å². The van der Waals surface area contributed by atoms with Crippen LogP contribution in [0.4, 0.5) is 10.5 Å². The van der Waals surface area contributed by atoms with Gasteiger partial charge in [0.2, 0.25) is 0 Å². The number of amides is 1. The number of carboxylic acids is 1. The molecule has 0 saturated carbocycles. The molecule has 0 bridgehead atoms. The van der Waals surface area contributed by atoms with E-state index in [0.29, 0.717) is 11.3 Å². The fourth-order valence-corrected chi connectivity index (χ4v) is 2.49. The minimum Gasteiger partial charge on any atom is -0.593 e.